The molecule has 11 heavy (non-hydrogen) atoms. The van der Waals surface area contributed by atoms with Crippen LogP contribution in [0, 0.1) is 0 Å². The molecule has 0 atom stereocenters. The number of hydrogen-bond donors (Lipinski definition) is 1. The zero-order valence-corrected chi connectivity index (χ0v) is 7.69. The number of rotatable bonds is 2. The van der Waals surface area contributed by atoms with Gasteiger partial charge in [0.15, 0.2) is 10.7 Å². The van der Waals surface area contributed by atoms with Crippen molar-refractivity contribution < 1.29 is 8.42 Å². The first kappa shape index (κ1) is 8.62. The van der Waals surface area contributed by atoms with Gasteiger partial charge in [-0.1, -0.05) is 0 Å². The fourth-order valence-corrected chi connectivity index (χ4v) is 1.50. The van der Waals surface area contributed by atoms with Crippen molar-refractivity contribution >= 4 is 22.5 Å². The maximum atomic E-state index is 10.4. The zero-order chi connectivity index (χ0) is 8.27. The highest BCUT2D eigenvalue weighted by molar-refractivity contribution is 7.98. The molecule has 0 saturated heterocycles. The van der Waals surface area contributed by atoms with Crippen molar-refractivity contribution in [3.8, 4) is 0 Å². The molecule has 0 radical (unpaired) electrons. The second kappa shape index (κ2) is 3.78. The predicted octanol–water partition coefficient (Wildman–Crippen LogP) is 1.38. The van der Waals surface area contributed by atoms with E-state index in [9.17, 15) is 8.42 Å². The van der Waals surface area contributed by atoms with E-state index in [0.29, 0.717) is 4.90 Å². The Kier molecular flexibility index (Phi) is 2.96. The van der Waals surface area contributed by atoms with Gasteiger partial charge in [-0.3, -0.25) is 0 Å². The first-order chi connectivity index (χ1) is 5.24. The van der Waals surface area contributed by atoms with Crippen LogP contribution in [0.5, 0.6) is 0 Å². The summed E-state index contributed by atoms with van der Waals surface area (Å²) in [6.45, 7) is 0. The third-order valence-corrected chi connectivity index (χ3v) is 2.75. The summed E-state index contributed by atoms with van der Waals surface area (Å²) in [5, 5.41) is 0. The lowest BCUT2D eigenvalue weighted by Gasteiger charge is -1.93. The summed E-state index contributed by atoms with van der Waals surface area (Å²) in [6, 6.07) is 6.81. The summed E-state index contributed by atoms with van der Waals surface area (Å²) in [7, 11) is -2.42. The molecule has 0 aliphatic heterocycles. The van der Waals surface area contributed by atoms with Crippen LogP contribution in [0.15, 0.2) is 34.1 Å². The maximum absolute atomic E-state index is 10.4. The van der Waals surface area contributed by atoms with Crippen LogP contribution in [0.2, 0.25) is 0 Å². The summed E-state index contributed by atoms with van der Waals surface area (Å²) in [6.07, 6.45) is 1.95. The van der Waals surface area contributed by atoms with Gasteiger partial charge in [0.1, 0.15) is 0 Å². The van der Waals surface area contributed by atoms with Gasteiger partial charge in [-0.25, -0.2) is 8.42 Å². The Morgan fingerprint density at radius 1 is 1.18 bits per heavy atom. The number of thioether (sulfide) groups is 1. The Bertz CT molecular complexity index is 293. The van der Waals surface area contributed by atoms with Gasteiger partial charge < -0.3 is 0 Å². The van der Waals surface area contributed by atoms with Crippen LogP contribution < -0.4 is 0 Å². The summed E-state index contributed by atoms with van der Waals surface area (Å²) in [5.74, 6) is 0. The average molecular weight is 188 g/mol. The number of hydrogen-bond acceptors (Lipinski definition) is 3. The van der Waals surface area contributed by atoms with Crippen molar-refractivity contribution in [2.75, 3.05) is 6.26 Å². The molecule has 0 amide bonds. The minimum Gasteiger partial charge on any atom is -0.227 e. The van der Waals surface area contributed by atoms with Crippen LogP contribution in [0.25, 0.3) is 0 Å². The average Bonchev–Trinajstić information content (AvgIpc) is 2.05. The summed E-state index contributed by atoms with van der Waals surface area (Å²) in [4.78, 5) is 1.45. The van der Waals surface area contributed by atoms with E-state index in [-0.39, 0.29) is 0 Å². The molecule has 0 aliphatic carbocycles. The second-order valence-electron chi connectivity index (χ2n) is 1.96. The monoisotopic (exact) mass is 188 g/mol. The molecule has 0 N–H and O–H groups in total. The van der Waals surface area contributed by atoms with Gasteiger partial charge in [-0.2, -0.15) is 0 Å². The van der Waals surface area contributed by atoms with Crippen LogP contribution in [-0.4, -0.2) is 14.7 Å². The number of benzene rings is 1. The smallest absolute Gasteiger partial charge is 0.168 e. The van der Waals surface area contributed by atoms with E-state index in [4.69, 9.17) is 0 Å². The molecular formula is C7H8O2S2. The van der Waals surface area contributed by atoms with Crippen molar-refractivity contribution in [2.24, 2.45) is 0 Å². The van der Waals surface area contributed by atoms with Gasteiger partial charge in [-0.15, -0.1) is 11.8 Å². The third-order valence-electron chi connectivity index (χ3n) is 1.28. The Morgan fingerprint density at radius 3 is 2.09 bits per heavy atom. The van der Waals surface area contributed by atoms with Gasteiger partial charge in [-0.05, 0) is 30.5 Å². The van der Waals surface area contributed by atoms with Gasteiger partial charge in [0, 0.05) is 4.90 Å². The molecule has 60 valence electrons. The van der Waals surface area contributed by atoms with E-state index in [1.165, 1.54) is 0 Å². The lowest BCUT2D eigenvalue weighted by molar-refractivity contribution is 0.614. The van der Waals surface area contributed by atoms with Crippen LogP contribution in [0.4, 0.5) is 0 Å². The molecule has 1 aromatic carbocycles. The summed E-state index contributed by atoms with van der Waals surface area (Å²) in [5.41, 5.74) is 0. The lowest BCUT2D eigenvalue weighted by atomic mass is 10.4. The maximum Gasteiger partial charge on any atom is 0.168 e. The molecule has 1 aromatic rings. The lowest BCUT2D eigenvalue weighted by Crippen LogP contribution is -1.78. The minimum atomic E-state index is -2.42. The largest absolute Gasteiger partial charge is 0.227 e. The van der Waals surface area contributed by atoms with Crippen LogP contribution in [0.3, 0.4) is 0 Å². The molecule has 0 aromatic heterocycles. The summed E-state index contributed by atoms with van der Waals surface area (Å²) >= 11 is 1.59. The van der Waals surface area contributed by atoms with E-state index >= 15 is 0 Å². The molecule has 0 saturated carbocycles. The normalized spacial score (nSPS) is 10.4. The van der Waals surface area contributed by atoms with Crippen LogP contribution in [-0.2, 0) is 10.7 Å². The molecule has 2 nitrogen and oxygen atoms in total. The van der Waals surface area contributed by atoms with E-state index in [1.807, 2.05) is 6.26 Å². The highest BCUT2D eigenvalue weighted by Gasteiger charge is 1.93. The Balaban J connectivity index is 3.01. The van der Waals surface area contributed by atoms with Crippen molar-refractivity contribution in [1.82, 2.24) is 0 Å². The minimum absolute atomic E-state index is 0.373. The standard InChI is InChI=1S/C7H8O2S2/c1-10-6-2-4-7(5-3-6)11(8)9/h2-5,11H,1H3. The fraction of sp³-hybridized carbons (Fsp3) is 0.143. The van der Waals surface area contributed by atoms with Crippen molar-refractivity contribution in [3.05, 3.63) is 24.3 Å². The van der Waals surface area contributed by atoms with E-state index < -0.39 is 10.7 Å². The van der Waals surface area contributed by atoms with Crippen LogP contribution >= 0.6 is 11.8 Å². The highest BCUT2D eigenvalue weighted by atomic mass is 32.2. The van der Waals surface area contributed by atoms with Gasteiger partial charge in [0.05, 0.1) is 4.90 Å². The molecule has 0 spiro atoms. The molecule has 0 heterocycles. The molecule has 0 aliphatic rings. The third kappa shape index (κ3) is 2.24. The molecule has 0 bridgehead atoms. The van der Waals surface area contributed by atoms with Gasteiger partial charge in [0.25, 0.3) is 0 Å². The fourth-order valence-electron chi connectivity index (χ4n) is 0.704. The second-order valence-corrected chi connectivity index (χ2v) is 3.87. The van der Waals surface area contributed by atoms with Gasteiger partial charge >= 0.3 is 0 Å². The van der Waals surface area contributed by atoms with Gasteiger partial charge in [0.2, 0.25) is 0 Å². The molecule has 0 unspecified atom stereocenters. The van der Waals surface area contributed by atoms with Crippen molar-refractivity contribution in [2.45, 2.75) is 9.79 Å². The summed E-state index contributed by atoms with van der Waals surface area (Å²) < 4.78 is 20.9. The molecule has 4 heteroatoms. The Morgan fingerprint density at radius 2 is 1.73 bits per heavy atom. The quantitative estimate of drug-likeness (QED) is 0.562. The molecular weight excluding hydrogens is 180 g/mol. The Labute approximate surface area is 71.6 Å². The van der Waals surface area contributed by atoms with E-state index in [0.717, 1.165) is 4.90 Å². The number of thiol groups is 1. The van der Waals surface area contributed by atoms with E-state index in [2.05, 4.69) is 0 Å². The van der Waals surface area contributed by atoms with E-state index in [1.54, 1.807) is 36.0 Å². The first-order valence-electron chi connectivity index (χ1n) is 3.02. The van der Waals surface area contributed by atoms with Crippen molar-refractivity contribution in [1.29, 1.82) is 0 Å². The highest BCUT2D eigenvalue weighted by Crippen LogP contribution is 2.14. The van der Waals surface area contributed by atoms with Crippen molar-refractivity contribution in [3.63, 3.8) is 0 Å². The predicted molar refractivity (Wildman–Crippen MR) is 46.8 cm³/mol. The molecule has 0 fully saturated rings. The SMILES string of the molecule is CSc1ccc([SH](=O)=O)cc1. The molecule has 1 rings (SSSR count). The topological polar surface area (TPSA) is 34.1 Å². The zero-order valence-electron chi connectivity index (χ0n) is 5.98. The Hall–Kier alpha value is -0.480. The first-order valence-corrected chi connectivity index (χ1v) is 5.42. The van der Waals surface area contributed by atoms with Crippen LogP contribution in [0.1, 0.15) is 0 Å².